The molecule has 0 atom stereocenters. The molecule has 0 aliphatic carbocycles. The van der Waals surface area contributed by atoms with Gasteiger partial charge in [-0.3, -0.25) is 4.79 Å². The van der Waals surface area contributed by atoms with E-state index in [1.54, 1.807) is 18.2 Å². The molecule has 144 valence electrons. The third kappa shape index (κ3) is 5.86. The van der Waals surface area contributed by atoms with Crippen LogP contribution in [0.4, 0.5) is 17.1 Å². The van der Waals surface area contributed by atoms with Crippen molar-refractivity contribution >= 4 is 23.0 Å². The van der Waals surface area contributed by atoms with Gasteiger partial charge in [0.2, 0.25) is 0 Å². The fraction of sp³-hybridized carbons (Fsp3) is 0.174. The lowest BCUT2D eigenvalue weighted by Gasteiger charge is -2.10. The van der Waals surface area contributed by atoms with Crippen molar-refractivity contribution < 1.29 is 14.3 Å². The Hall–Kier alpha value is -3.31. The molecule has 0 aliphatic rings. The number of para-hydroxylation sites is 1. The summed E-state index contributed by atoms with van der Waals surface area (Å²) in [7, 11) is 0. The highest BCUT2D eigenvalue weighted by molar-refractivity contribution is 6.04. The first-order chi connectivity index (χ1) is 13.7. The Labute approximate surface area is 165 Å². The fourth-order valence-electron chi connectivity index (χ4n) is 2.62. The molecule has 28 heavy (non-hydrogen) atoms. The Bertz CT molecular complexity index is 880. The summed E-state index contributed by atoms with van der Waals surface area (Å²) < 4.78 is 10.9. The Morgan fingerprint density at radius 3 is 2.29 bits per heavy atom. The van der Waals surface area contributed by atoms with E-state index in [0.717, 1.165) is 17.1 Å². The summed E-state index contributed by atoms with van der Waals surface area (Å²) in [5.74, 6) is 0.466. The molecule has 0 saturated heterocycles. The molecule has 5 heteroatoms. The van der Waals surface area contributed by atoms with E-state index < -0.39 is 0 Å². The Balaban J connectivity index is 1.57. The first kappa shape index (κ1) is 19.5. The molecule has 0 aliphatic heterocycles. The van der Waals surface area contributed by atoms with Crippen LogP contribution in [0.25, 0.3) is 0 Å². The van der Waals surface area contributed by atoms with Crippen LogP contribution in [-0.4, -0.2) is 25.7 Å². The van der Waals surface area contributed by atoms with Crippen molar-refractivity contribution in [3.63, 3.8) is 0 Å². The molecule has 0 spiro atoms. The third-order valence-corrected chi connectivity index (χ3v) is 4.00. The molecule has 3 aromatic carbocycles. The van der Waals surface area contributed by atoms with Crippen LogP contribution in [-0.2, 0) is 4.74 Å². The summed E-state index contributed by atoms with van der Waals surface area (Å²) in [5, 5.41) is 6.22. The minimum Gasteiger partial charge on any atom is -0.491 e. The van der Waals surface area contributed by atoms with Gasteiger partial charge in [0.05, 0.1) is 6.61 Å². The van der Waals surface area contributed by atoms with Crippen molar-refractivity contribution in [3.05, 3.63) is 84.4 Å². The van der Waals surface area contributed by atoms with Crippen LogP contribution < -0.4 is 15.4 Å². The first-order valence-electron chi connectivity index (χ1n) is 9.28. The number of amides is 1. The molecule has 0 unspecified atom stereocenters. The third-order valence-electron chi connectivity index (χ3n) is 4.00. The van der Waals surface area contributed by atoms with Crippen molar-refractivity contribution in [3.8, 4) is 5.75 Å². The molecule has 5 nitrogen and oxygen atoms in total. The largest absolute Gasteiger partial charge is 0.491 e. The van der Waals surface area contributed by atoms with Crippen molar-refractivity contribution in [2.75, 3.05) is 30.5 Å². The van der Waals surface area contributed by atoms with Crippen molar-refractivity contribution in [1.82, 2.24) is 0 Å². The molecule has 0 saturated carbocycles. The molecule has 0 radical (unpaired) electrons. The highest BCUT2D eigenvalue weighted by Crippen LogP contribution is 2.20. The summed E-state index contributed by atoms with van der Waals surface area (Å²) in [6, 6.07) is 24.6. The lowest BCUT2D eigenvalue weighted by molar-refractivity contribution is 0.102. The van der Waals surface area contributed by atoms with E-state index >= 15 is 0 Å². The number of carbonyl (C=O) groups excluding carboxylic acids is 1. The van der Waals surface area contributed by atoms with E-state index in [9.17, 15) is 4.79 Å². The van der Waals surface area contributed by atoms with Gasteiger partial charge in [-0.15, -0.1) is 0 Å². The van der Waals surface area contributed by atoms with E-state index in [0.29, 0.717) is 31.1 Å². The summed E-state index contributed by atoms with van der Waals surface area (Å²) in [5.41, 5.74) is 3.24. The molecule has 0 fully saturated rings. The van der Waals surface area contributed by atoms with Gasteiger partial charge in [-0.25, -0.2) is 0 Å². The van der Waals surface area contributed by atoms with Crippen molar-refractivity contribution in [2.24, 2.45) is 0 Å². The van der Waals surface area contributed by atoms with E-state index in [-0.39, 0.29) is 5.91 Å². The molecule has 2 N–H and O–H groups in total. The SMILES string of the molecule is CCOCCOc1cccc(C(=O)Nc2ccc(Nc3ccccc3)cc2)c1. The van der Waals surface area contributed by atoms with Gasteiger partial charge in [0.25, 0.3) is 5.91 Å². The number of carbonyl (C=O) groups is 1. The van der Waals surface area contributed by atoms with Crippen LogP contribution in [0.2, 0.25) is 0 Å². The Morgan fingerprint density at radius 2 is 1.54 bits per heavy atom. The molecule has 3 aromatic rings. The highest BCUT2D eigenvalue weighted by atomic mass is 16.5. The molecular weight excluding hydrogens is 352 g/mol. The molecule has 3 rings (SSSR count). The zero-order valence-electron chi connectivity index (χ0n) is 15.9. The average molecular weight is 376 g/mol. The summed E-state index contributed by atoms with van der Waals surface area (Å²) in [6.45, 7) is 3.58. The van der Waals surface area contributed by atoms with Crippen LogP contribution in [0.3, 0.4) is 0 Å². The number of hydrogen-bond donors (Lipinski definition) is 2. The number of rotatable bonds is 9. The molecule has 0 bridgehead atoms. The van der Waals surface area contributed by atoms with E-state index in [1.807, 2.05) is 67.6 Å². The second kappa shape index (κ2) is 10.1. The monoisotopic (exact) mass is 376 g/mol. The maximum Gasteiger partial charge on any atom is 0.255 e. The van der Waals surface area contributed by atoms with Gasteiger partial charge in [0.1, 0.15) is 12.4 Å². The minimum atomic E-state index is -0.181. The van der Waals surface area contributed by atoms with Crippen LogP contribution >= 0.6 is 0 Å². The number of ether oxygens (including phenoxy) is 2. The molecule has 0 heterocycles. The summed E-state index contributed by atoms with van der Waals surface area (Å²) >= 11 is 0. The highest BCUT2D eigenvalue weighted by Gasteiger charge is 2.07. The van der Waals surface area contributed by atoms with Gasteiger partial charge in [0, 0.05) is 29.2 Å². The quantitative estimate of drug-likeness (QED) is 0.510. The molecular formula is C23H24N2O3. The van der Waals surface area contributed by atoms with Gasteiger partial charge in [-0.1, -0.05) is 24.3 Å². The average Bonchev–Trinajstić information content (AvgIpc) is 2.74. The van der Waals surface area contributed by atoms with Crippen LogP contribution in [0.5, 0.6) is 5.75 Å². The van der Waals surface area contributed by atoms with Gasteiger partial charge in [-0.2, -0.15) is 0 Å². The Morgan fingerprint density at radius 1 is 0.821 bits per heavy atom. The fourth-order valence-corrected chi connectivity index (χ4v) is 2.62. The lowest BCUT2D eigenvalue weighted by atomic mass is 10.2. The topological polar surface area (TPSA) is 59.6 Å². The number of benzene rings is 3. The van der Waals surface area contributed by atoms with E-state index in [1.165, 1.54) is 0 Å². The van der Waals surface area contributed by atoms with Crippen LogP contribution in [0.15, 0.2) is 78.9 Å². The second-order valence-corrected chi connectivity index (χ2v) is 6.10. The summed E-state index contributed by atoms with van der Waals surface area (Å²) in [6.07, 6.45) is 0. The number of nitrogens with one attached hydrogen (secondary N) is 2. The van der Waals surface area contributed by atoms with Gasteiger partial charge in [0.15, 0.2) is 0 Å². The zero-order chi connectivity index (χ0) is 19.6. The second-order valence-electron chi connectivity index (χ2n) is 6.10. The smallest absolute Gasteiger partial charge is 0.255 e. The number of hydrogen-bond acceptors (Lipinski definition) is 4. The van der Waals surface area contributed by atoms with Crippen molar-refractivity contribution in [2.45, 2.75) is 6.92 Å². The van der Waals surface area contributed by atoms with Crippen LogP contribution in [0, 0.1) is 0 Å². The minimum absolute atomic E-state index is 0.181. The normalized spacial score (nSPS) is 10.3. The predicted octanol–water partition coefficient (Wildman–Crippen LogP) is 5.10. The maximum absolute atomic E-state index is 12.5. The van der Waals surface area contributed by atoms with Crippen molar-refractivity contribution in [1.29, 1.82) is 0 Å². The maximum atomic E-state index is 12.5. The molecule has 0 aromatic heterocycles. The van der Waals surface area contributed by atoms with E-state index in [4.69, 9.17) is 9.47 Å². The van der Waals surface area contributed by atoms with Gasteiger partial charge in [-0.05, 0) is 61.5 Å². The standard InChI is InChI=1S/C23H24N2O3/c1-2-27-15-16-28-22-10-6-7-18(17-22)23(26)25-21-13-11-20(12-14-21)24-19-8-4-3-5-9-19/h3-14,17,24H,2,15-16H2,1H3,(H,25,26). The van der Waals surface area contributed by atoms with Crippen LogP contribution in [0.1, 0.15) is 17.3 Å². The summed E-state index contributed by atoms with van der Waals surface area (Å²) in [4.78, 5) is 12.5. The van der Waals surface area contributed by atoms with E-state index in [2.05, 4.69) is 10.6 Å². The number of anilines is 3. The predicted molar refractivity (Wildman–Crippen MR) is 113 cm³/mol. The lowest BCUT2D eigenvalue weighted by Crippen LogP contribution is -2.12. The first-order valence-corrected chi connectivity index (χ1v) is 9.28. The zero-order valence-corrected chi connectivity index (χ0v) is 15.9. The van der Waals surface area contributed by atoms with Gasteiger partial charge < -0.3 is 20.1 Å². The Kier molecular flexibility index (Phi) is 7.04. The van der Waals surface area contributed by atoms with Gasteiger partial charge >= 0.3 is 0 Å². The molecule has 1 amide bonds.